The Balaban J connectivity index is 2.38. The number of aromatic nitrogens is 2. The molecule has 0 bridgehead atoms. The van der Waals surface area contributed by atoms with E-state index >= 15 is 0 Å². The summed E-state index contributed by atoms with van der Waals surface area (Å²) in [7, 11) is 1.22. The van der Waals surface area contributed by atoms with Crippen LogP contribution >= 0.6 is 34.5 Å². The van der Waals surface area contributed by atoms with Gasteiger partial charge in [0.2, 0.25) is 0 Å². The molecule has 5 nitrogen and oxygen atoms in total. The number of hydrogen-bond donors (Lipinski definition) is 0. The summed E-state index contributed by atoms with van der Waals surface area (Å²) in [5.41, 5.74) is 0.499. The Bertz CT molecular complexity index is 537. The summed E-state index contributed by atoms with van der Waals surface area (Å²) < 4.78 is 10.4. The van der Waals surface area contributed by atoms with Crippen LogP contribution in [0.25, 0.3) is 11.5 Å². The van der Waals surface area contributed by atoms with Crippen LogP contribution in [0.1, 0.15) is 10.7 Å². The Hall–Kier alpha value is -1.11. The molecule has 0 N–H and O–H groups in total. The molecule has 8 heteroatoms. The quantitative estimate of drug-likeness (QED) is 0.791. The van der Waals surface area contributed by atoms with Gasteiger partial charge in [-0.05, 0) is 6.07 Å². The molecular weight excluding hydrogens is 275 g/mol. The zero-order valence-electron chi connectivity index (χ0n) is 7.86. The molecule has 0 fully saturated rings. The van der Waals surface area contributed by atoms with E-state index in [2.05, 4.69) is 14.9 Å². The van der Waals surface area contributed by atoms with Crippen LogP contribution in [0.15, 0.2) is 10.5 Å². The second kappa shape index (κ2) is 4.40. The fraction of sp³-hybridized carbons (Fsp3) is 0.125. The SMILES string of the molecule is COC(=O)c1nnc(-c2cc(Cl)sc2Cl)o1. The van der Waals surface area contributed by atoms with Crippen LogP contribution < -0.4 is 0 Å². The zero-order valence-corrected chi connectivity index (χ0v) is 10.2. The molecule has 2 heterocycles. The molecule has 16 heavy (non-hydrogen) atoms. The van der Waals surface area contributed by atoms with Crippen molar-refractivity contribution in [2.75, 3.05) is 7.11 Å². The van der Waals surface area contributed by atoms with E-state index in [0.29, 0.717) is 14.2 Å². The lowest BCUT2D eigenvalue weighted by atomic mass is 10.3. The average Bonchev–Trinajstić information content (AvgIpc) is 2.83. The molecule has 2 rings (SSSR count). The summed E-state index contributed by atoms with van der Waals surface area (Å²) in [5.74, 6) is -0.791. The lowest BCUT2D eigenvalue weighted by Crippen LogP contribution is -2.00. The molecule has 0 atom stereocenters. The molecule has 0 aliphatic heterocycles. The summed E-state index contributed by atoms with van der Waals surface area (Å²) in [6.07, 6.45) is 0. The van der Waals surface area contributed by atoms with Crippen LogP contribution in [0.3, 0.4) is 0 Å². The number of ether oxygens (including phenoxy) is 1. The fourth-order valence-electron chi connectivity index (χ4n) is 0.988. The largest absolute Gasteiger partial charge is 0.462 e. The van der Waals surface area contributed by atoms with Gasteiger partial charge in [0.15, 0.2) is 0 Å². The van der Waals surface area contributed by atoms with Crippen LogP contribution in [0.5, 0.6) is 0 Å². The molecular formula is C8H4Cl2N2O3S. The number of carbonyl (C=O) groups excluding carboxylic acids is 1. The van der Waals surface area contributed by atoms with Gasteiger partial charge in [0.05, 0.1) is 17.0 Å². The van der Waals surface area contributed by atoms with Crippen molar-refractivity contribution in [3.8, 4) is 11.5 Å². The van der Waals surface area contributed by atoms with Crippen molar-refractivity contribution in [3.63, 3.8) is 0 Å². The fourth-order valence-corrected chi connectivity index (χ4v) is 2.44. The summed E-state index contributed by atoms with van der Waals surface area (Å²) in [4.78, 5) is 11.1. The highest BCUT2D eigenvalue weighted by Gasteiger charge is 2.19. The molecule has 84 valence electrons. The van der Waals surface area contributed by atoms with Crippen molar-refractivity contribution < 1.29 is 13.9 Å². The molecule has 0 radical (unpaired) electrons. The van der Waals surface area contributed by atoms with Crippen molar-refractivity contribution in [2.24, 2.45) is 0 Å². The second-order valence-corrected chi connectivity index (χ2v) is 4.93. The Morgan fingerprint density at radius 2 is 2.25 bits per heavy atom. The van der Waals surface area contributed by atoms with Gasteiger partial charge in [-0.3, -0.25) is 0 Å². The van der Waals surface area contributed by atoms with E-state index in [4.69, 9.17) is 27.6 Å². The van der Waals surface area contributed by atoms with Gasteiger partial charge in [-0.2, -0.15) is 0 Å². The maximum atomic E-state index is 11.1. The van der Waals surface area contributed by atoms with E-state index < -0.39 is 5.97 Å². The minimum absolute atomic E-state index is 0.133. The number of halogens is 2. The highest BCUT2D eigenvalue weighted by molar-refractivity contribution is 7.20. The predicted molar refractivity (Wildman–Crippen MR) is 59.0 cm³/mol. The Labute approximate surface area is 104 Å². The minimum atomic E-state index is -0.698. The molecule has 0 amide bonds. The maximum Gasteiger partial charge on any atom is 0.396 e. The molecule has 2 aromatic heterocycles. The third-order valence-corrected chi connectivity index (χ3v) is 3.16. The molecule has 0 saturated carbocycles. The lowest BCUT2D eigenvalue weighted by molar-refractivity contribution is 0.0556. The molecule has 0 unspecified atom stereocenters. The maximum absolute atomic E-state index is 11.1. The van der Waals surface area contributed by atoms with Gasteiger partial charge in [0, 0.05) is 0 Å². The van der Waals surface area contributed by atoms with E-state index in [1.807, 2.05) is 0 Å². The first-order valence-corrected chi connectivity index (χ1v) is 5.56. The van der Waals surface area contributed by atoms with Gasteiger partial charge in [-0.15, -0.1) is 21.5 Å². The molecule has 0 aliphatic carbocycles. The van der Waals surface area contributed by atoms with Crippen molar-refractivity contribution >= 4 is 40.5 Å². The average molecular weight is 279 g/mol. The lowest BCUT2D eigenvalue weighted by Gasteiger charge is -1.90. The van der Waals surface area contributed by atoms with E-state index in [0.717, 1.165) is 0 Å². The normalized spacial score (nSPS) is 10.4. The van der Waals surface area contributed by atoms with Crippen molar-refractivity contribution in [3.05, 3.63) is 20.6 Å². The molecule has 2 aromatic rings. The third kappa shape index (κ3) is 2.04. The Kier molecular flexibility index (Phi) is 3.13. The third-order valence-electron chi connectivity index (χ3n) is 1.67. The van der Waals surface area contributed by atoms with Crippen LogP contribution in [0.2, 0.25) is 8.67 Å². The zero-order chi connectivity index (χ0) is 11.7. The molecule has 0 saturated heterocycles. The minimum Gasteiger partial charge on any atom is -0.462 e. The summed E-state index contributed by atoms with van der Waals surface area (Å²) in [6.45, 7) is 0. The molecule has 0 aromatic carbocycles. The number of rotatable bonds is 2. The van der Waals surface area contributed by atoms with Crippen LogP contribution in [-0.2, 0) is 4.74 Å². The number of carbonyl (C=O) groups is 1. The van der Waals surface area contributed by atoms with Gasteiger partial charge >= 0.3 is 11.9 Å². The Morgan fingerprint density at radius 1 is 1.50 bits per heavy atom. The summed E-state index contributed by atoms with van der Waals surface area (Å²) >= 11 is 12.8. The second-order valence-electron chi connectivity index (χ2n) is 2.64. The van der Waals surface area contributed by atoms with Gasteiger partial charge in [0.1, 0.15) is 4.34 Å². The van der Waals surface area contributed by atoms with E-state index in [-0.39, 0.29) is 11.8 Å². The number of esters is 1. The Morgan fingerprint density at radius 3 is 2.81 bits per heavy atom. The highest BCUT2D eigenvalue weighted by atomic mass is 35.5. The van der Waals surface area contributed by atoms with Crippen LogP contribution in [-0.4, -0.2) is 23.3 Å². The van der Waals surface area contributed by atoms with Crippen LogP contribution in [0.4, 0.5) is 0 Å². The van der Waals surface area contributed by atoms with Gasteiger partial charge in [0.25, 0.3) is 5.89 Å². The smallest absolute Gasteiger partial charge is 0.396 e. The van der Waals surface area contributed by atoms with E-state index in [1.165, 1.54) is 18.4 Å². The predicted octanol–water partition coefficient (Wildman–Crippen LogP) is 2.89. The first-order chi connectivity index (χ1) is 7.61. The first kappa shape index (κ1) is 11.4. The van der Waals surface area contributed by atoms with Crippen LogP contribution in [0, 0.1) is 0 Å². The topological polar surface area (TPSA) is 65.2 Å². The molecule has 0 aliphatic rings. The van der Waals surface area contributed by atoms with Crippen molar-refractivity contribution in [2.45, 2.75) is 0 Å². The van der Waals surface area contributed by atoms with Gasteiger partial charge in [-0.25, -0.2) is 4.79 Å². The van der Waals surface area contributed by atoms with E-state index in [1.54, 1.807) is 6.07 Å². The molecule has 0 spiro atoms. The number of methoxy groups -OCH3 is 1. The standard InChI is InChI=1S/C8H4Cl2N2O3S/c1-14-8(13)7-12-11-6(15-7)3-2-4(9)16-5(3)10/h2H,1H3. The number of hydrogen-bond acceptors (Lipinski definition) is 6. The van der Waals surface area contributed by atoms with Crippen molar-refractivity contribution in [1.82, 2.24) is 10.2 Å². The van der Waals surface area contributed by atoms with E-state index in [9.17, 15) is 4.79 Å². The van der Waals surface area contributed by atoms with Crippen molar-refractivity contribution in [1.29, 1.82) is 0 Å². The monoisotopic (exact) mass is 278 g/mol. The summed E-state index contributed by atoms with van der Waals surface area (Å²) in [6, 6.07) is 1.59. The highest BCUT2D eigenvalue weighted by Crippen LogP contribution is 2.37. The number of nitrogens with zero attached hydrogens (tertiary/aromatic N) is 2. The van der Waals surface area contributed by atoms with Gasteiger partial charge < -0.3 is 9.15 Å². The van der Waals surface area contributed by atoms with Gasteiger partial charge in [-0.1, -0.05) is 23.2 Å². The summed E-state index contributed by atoms with van der Waals surface area (Å²) in [5, 5.41) is 7.20. The number of thiophene rings is 1. The first-order valence-electron chi connectivity index (χ1n) is 3.99.